The summed E-state index contributed by atoms with van der Waals surface area (Å²) >= 11 is 0. The molecule has 7 heteroatoms. The highest BCUT2D eigenvalue weighted by Gasteiger charge is 2.28. The minimum Gasteiger partial charge on any atom is -0.480 e. The lowest BCUT2D eigenvalue weighted by Crippen LogP contribution is -2.52. The van der Waals surface area contributed by atoms with Crippen LogP contribution in [0.2, 0.25) is 0 Å². The van der Waals surface area contributed by atoms with E-state index in [1.807, 2.05) is 0 Å². The molecule has 116 valence electrons. The van der Waals surface area contributed by atoms with Crippen molar-refractivity contribution in [2.45, 2.75) is 32.9 Å². The van der Waals surface area contributed by atoms with Gasteiger partial charge in [0.05, 0.1) is 0 Å². The number of hydrogen-bond donors (Lipinski definition) is 2. The average Bonchev–Trinajstić information content (AvgIpc) is 2.35. The Morgan fingerprint density at radius 2 is 1.86 bits per heavy atom. The number of carbonyl (C=O) groups excluding carboxylic acids is 1. The topological polar surface area (TPSA) is 69.6 Å². The van der Waals surface area contributed by atoms with Crippen LogP contribution >= 0.6 is 0 Å². The SMILES string of the molecule is CC(C)(C)N(CC(=O)O)C(=O)NCc1ccc(F)c(F)c1. The smallest absolute Gasteiger partial charge is 0.323 e. The van der Waals surface area contributed by atoms with E-state index < -0.39 is 35.7 Å². The van der Waals surface area contributed by atoms with Gasteiger partial charge in [-0.2, -0.15) is 0 Å². The molecule has 0 aromatic heterocycles. The molecular weight excluding hydrogens is 282 g/mol. The minimum atomic E-state index is -1.13. The number of halogens is 2. The summed E-state index contributed by atoms with van der Waals surface area (Å²) in [6.45, 7) is 4.63. The standard InChI is InChI=1S/C14H18F2N2O3/c1-14(2,3)18(8-12(19)20)13(21)17-7-9-4-5-10(15)11(16)6-9/h4-6H,7-8H2,1-3H3,(H,17,21)(H,19,20). The molecule has 0 radical (unpaired) electrons. The lowest BCUT2D eigenvalue weighted by molar-refractivity contribution is -0.138. The van der Waals surface area contributed by atoms with Crippen LogP contribution in [-0.4, -0.2) is 34.1 Å². The van der Waals surface area contributed by atoms with Crippen molar-refractivity contribution in [1.82, 2.24) is 10.2 Å². The summed E-state index contributed by atoms with van der Waals surface area (Å²) in [6.07, 6.45) is 0. The average molecular weight is 300 g/mol. The Labute approximate surface area is 121 Å². The van der Waals surface area contributed by atoms with E-state index in [2.05, 4.69) is 5.32 Å². The second kappa shape index (κ2) is 6.51. The van der Waals surface area contributed by atoms with Crippen LogP contribution in [0.15, 0.2) is 18.2 Å². The van der Waals surface area contributed by atoms with Gasteiger partial charge in [0.15, 0.2) is 11.6 Å². The van der Waals surface area contributed by atoms with Gasteiger partial charge in [-0.25, -0.2) is 13.6 Å². The number of carboxylic acid groups (broad SMARTS) is 1. The Morgan fingerprint density at radius 1 is 1.24 bits per heavy atom. The molecule has 5 nitrogen and oxygen atoms in total. The van der Waals surface area contributed by atoms with Crippen LogP contribution in [0.1, 0.15) is 26.3 Å². The summed E-state index contributed by atoms with van der Waals surface area (Å²) in [5, 5.41) is 11.3. The Hall–Kier alpha value is -2.18. The molecule has 1 rings (SSSR count). The van der Waals surface area contributed by atoms with Crippen molar-refractivity contribution in [3.05, 3.63) is 35.4 Å². The first kappa shape index (κ1) is 16.9. The zero-order chi connectivity index (χ0) is 16.2. The first-order chi connectivity index (χ1) is 9.61. The lowest BCUT2D eigenvalue weighted by atomic mass is 10.1. The number of carbonyl (C=O) groups is 2. The monoisotopic (exact) mass is 300 g/mol. The molecule has 0 heterocycles. The molecule has 1 aromatic carbocycles. The normalized spacial score (nSPS) is 11.1. The van der Waals surface area contributed by atoms with Crippen LogP contribution in [0, 0.1) is 11.6 Å². The maximum absolute atomic E-state index is 13.0. The van der Waals surface area contributed by atoms with E-state index in [4.69, 9.17) is 5.11 Å². The van der Waals surface area contributed by atoms with Gasteiger partial charge in [0.2, 0.25) is 0 Å². The van der Waals surface area contributed by atoms with Crippen LogP contribution in [-0.2, 0) is 11.3 Å². The van der Waals surface area contributed by atoms with E-state index >= 15 is 0 Å². The van der Waals surface area contributed by atoms with Crippen LogP contribution in [0.25, 0.3) is 0 Å². The molecule has 1 aromatic rings. The summed E-state index contributed by atoms with van der Waals surface area (Å²) < 4.78 is 25.8. The quantitative estimate of drug-likeness (QED) is 0.897. The highest BCUT2D eigenvalue weighted by molar-refractivity contribution is 5.80. The van der Waals surface area contributed by atoms with Crippen molar-refractivity contribution in [3.63, 3.8) is 0 Å². The molecule has 0 aliphatic carbocycles. The maximum Gasteiger partial charge on any atom is 0.323 e. The fourth-order valence-electron chi connectivity index (χ4n) is 1.67. The third-order valence-corrected chi connectivity index (χ3v) is 2.78. The predicted molar refractivity (Wildman–Crippen MR) is 72.7 cm³/mol. The summed E-state index contributed by atoms with van der Waals surface area (Å²) in [5.74, 6) is -3.10. The maximum atomic E-state index is 13.0. The molecule has 0 bridgehead atoms. The molecule has 0 saturated heterocycles. The van der Waals surface area contributed by atoms with E-state index in [1.54, 1.807) is 20.8 Å². The van der Waals surface area contributed by atoms with E-state index in [-0.39, 0.29) is 6.54 Å². The van der Waals surface area contributed by atoms with Crippen LogP contribution in [0.4, 0.5) is 13.6 Å². The van der Waals surface area contributed by atoms with Gasteiger partial charge in [0, 0.05) is 12.1 Å². The number of carboxylic acids is 1. The van der Waals surface area contributed by atoms with Crippen molar-refractivity contribution in [3.8, 4) is 0 Å². The Bertz CT molecular complexity index is 542. The Morgan fingerprint density at radius 3 is 2.33 bits per heavy atom. The lowest BCUT2D eigenvalue weighted by Gasteiger charge is -2.34. The number of amides is 2. The van der Waals surface area contributed by atoms with Crippen molar-refractivity contribution < 1.29 is 23.5 Å². The highest BCUT2D eigenvalue weighted by Crippen LogP contribution is 2.14. The van der Waals surface area contributed by atoms with Crippen LogP contribution < -0.4 is 5.32 Å². The largest absolute Gasteiger partial charge is 0.480 e. The zero-order valence-electron chi connectivity index (χ0n) is 12.1. The Balaban J connectivity index is 2.73. The fraction of sp³-hybridized carbons (Fsp3) is 0.429. The fourth-order valence-corrected chi connectivity index (χ4v) is 1.67. The third kappa shape index (κ3) is 5.02. The zero-order valence-corrected chi connectivity index (χ0v) is 12.1. The summed E-state index contributed by atoms with van der Waals surface area (Å²) in [7, 11) is 0. The molecule has 0 fully saturated rings. The molecule has 0 aliphatic heterocycles. The van der Waals surface area contributed by atoms with E-state index in [1.165, 1.54) is 6.07 Å². The molecule has 0 spiro atoms. The molecule has 0 unspecified atom stereocenters. The van der Waals surface area contributed by atoms with Gasteiger partial charge in [-0.3, -0.25) is 4.79 Å². The number of aliphatic carboxylic acids is 1. The van der Waals surface area contributed by atoms with Crippen molar-refractivity contribution in [2.24, 2.45) is 0 Å². The van der Waals surface area contributed by atoms with Gasteiger partial charge in [0.1, 0.15) is 6.54 Å². The Kier molecular flexibility index (Phi) is 5.23. The molecule has 0 aliphatic rings. The molecule has 2 N–H and O–H groups in total. The van der Waals surface area contributed by atoms with Gasteiger partial charge in [0.25, 0.3) is 0 Å². The first-order valence-corrected chi connectivity index (χ1v) is 6.32. The van der Waals surface area contributed by atoms with Gasteiger partial charge >= 0.3 is 12.0 Å². The molecule has 2 amide bonds. The number of rotatable bonds is 4. The van der Waals surface area contributed by atoms with Gasteiger partial charge < -0.3 is 15.3 Å². The second-order valence-electron chi connectivity index (χ2n) is 5.56. The van der Waals surface area contributed by atoms with Crippen molar-refractivity contribution in [1.29, 1.82) is 0 Å². The van der Waals surface area contributed by atoms with Gasteiger partial charge in [-0.05, 0) is 38.5 Å². The summed E-state index contributed by atoms with van der Waals surface area (Å²) in [6, 6.07) is 2.70. The minimum absolute atomic E-state index is 0.0256. The number of nitrogens with zero attached hydrogens (tertiary/aromatic N) is 1. The second-order valence-corrected chi connectivity index (χ2v) is 5.56. The van der Waals surface area contributed by atoms with E-state index in [0.717, 1.165) is 17.0 Å². The summed E-state index contributed by atoms with van der Waals surface area (Å²) in [4.78, 5) is 24.0. The molecule has 0 atom stereocenters. The first-order valence-electron chi connectivity index (χ1n) is 6.32. The van der Waals surface area contributed by atoms with E-state index in [9.17, 15) is 18.4 Å². The van der Waals surface area contributed by atoms with Gasteiger partial charge in [-0.1, -0.05) is 6.07 Å². The number of urea groups is 1. The van der Waals surface area contributed by atoms with Crippen molar-refractivity contribution >= 4 is 12.0 Å². The molecular formula is C14H18F2N2O3. The van der Waals surface area contributed by atoms with E-state index in [0.29, 0.717) is 5.56 Å². The van der Waals surface area contributed by atoms with Crippen LogP contribution in [0.5, 0.6) is 0 Å². The number of benzene rings is 1. The van der Waals surface area contributed by atoms with Crippen LogP contribution in [0.3, 0.4) is 0 Å². The molecule has 0 saturated carbocycles. The third-order valence-electron chi connectivity index (χ3n) is 2.78. The summed E-state index contributed by atoms with van der Waals surface area (Å²) in [5.41, 5.74) is -0.303. The number of nitrogens with one attached hydrogen (secondary N) is 1. The van der Waals surface area contributed by atoms with Gasteiger partial charge in [-0.15, -0.1) is 0 Å². The van der Waals surface area contributed by atoms with Crippen molar-refractivity contribution in [2.75, 3.05) is 6.54 Å². The predicted octanol–water partition coefficient (Wildman–Crippen LogP) is 2.36. The molecule has 21 heavy (non-hydrogen) atoms. The number of hydrogen-bond acceptors (Lipinski definition) is 2. The highest BCUT2D eigenvalue weighted by atomic mass is 19.2.